The van der Waals surface area contributed by atoms with E-state index < -0.39 is 10.0 Å². The molecule has 0 aliphatic carbocycles. The van der Waals surface area contributed by atoms with Gasteiger partial charge in [0.25, 0.3) is 15.9 Å². The number of carbonyl (C=O) groups excluding carboxylic acids is 1. The predicted octanol–water partition coefficient (Wildman–Crippen LogP) is 3.80. The number of piperazine rings is 1. The molecular formula is C27H29N3O4S. The molecule has 0 unspecified atom stereocenters. The number of nitrogens with zero attached hydrogens (tertiary/aromatic N) is 3. The molecular weight excluding hydrogens is 462 g/mol. The van der Waals surface area contributed by atoms with E-state index in [1.54, 1.807) is 49.6 Å². The maximum Gasteiger partial charge on any atom is 0.264 e. The molecule has 182 valence electrons. The van der Waals surface area contributed by atoms with Crippen LogP contribution < -0.4 is 13.9 Å². The Hall–Kier alpha value is -3.52. The molecule has 35 heavy (non-hydrogen) atoms. The van der Waals surface area contributed by atoms with E-state index in [1.807, 2.05) is 35.2 Å². The van der Waals surface area contributed by atoms with Crippen molar-refractivity contribution < 1.29 is 17.9 Å². The van der Waals surface area contributed by atoms with E-state index in [0.717, 1.165) is 36.5 Å². The van der Waals surface area contributed by atoms with Gasteiger partial charge in [0.15, 0.2) is 0 Å². The zero-order valence-electron chi connectivity index (χ0n) is 19.8. The highest BCUT2D eigenvalue weighted by Crippen LogP contribution is 2.33. The van der Waals surface area contributed by atoms with Gasteiger partial charge in [-0.15, -0.1) is 0 Å². The fraction of sp³-hybridized carbons (Fsp3) is 0.296. The standard InChI is InChI=1S/C27H29N3O4S/c1-34-26-12-6-5-11-25(26)28-16-18-29(19-17-28)27(31)22-13-14-24-21(20-22)8-7-15-30(24)35(32,33)23-9-3-2-4-10-23/h2-6,9-14,20H,7-8,15-19H2,1H3. The maximum atomic E-state index is 13.3. The first-order valence-electron chi connectivity index (χ1n) is 11.9. The number of para-hydroxylation sites is 2. The molecule has 1 amide bonds. The molecule has 8 heteroatoms. The van der Waals surface area contributed by atoms with Gasteiger partial charge in [-0.2, -0.15) is 0 Å². The number of aryl methyl sites for hydroxylation is 1. The van der Waals surface area contributed by atoms with Gasteiger partial charge in [-0.1, -0.05) is 30.3 Å². The van der Waals surface area contributed by atoms with Crippen molar-refractivity contribution in [3.8, 4) is 5.75 Å². The molecule has 0 saturated carbocycles. The fourth-order valence-electron chi connectivity index (χ4n) is 4.89. The molecule has 1 fully saturated rings. The third-order valence-electron chi connectivity index (χ3n) is 6.73. The Balaban J connectivity index is 1.32. The van der Waals surface area contributed by atoms with Gasteiger partial charge in [-0.25, -0.2) is 8.42 Å². The molecule has 2 aliphatic heterocycles. The van der Waals surface area contributed by atoms with Crippen LogP contribution in [-0.2, 0) is 16.4 Å². The summed E-state index contributed by atoms with van der Waals surface area (Å²) in [6, 6.07) is 21.8. The SMILES string of the molecule is COc1ccccc1N1CCN(C(=O)c2ccc3c(c2)CCCN3S(=O)(=O)c2ccccc2)CC1. The van der Waals surface area contributed by atoms with E-state index in [-0.39, 0.29) is 10.8 Å². The lowest BCUT2D eigenvalue weighted by Crippen LogP contribution is -2.49. The molecule has 3 aromatic rings. The molecule has 0 radical (unpaired) electrons. The van der Waals surface area contributed by atoms with E-state index in [2.05, 4.69) is 4.90 Å². The summed E-state index contributed by atoms with van der Waals surface area (Å²) in [6.45, 7) is 3.10. The number of sulfonamides is 1. The van der Waals surface area contributed by atoms with Crippen LogP contribution in [0.3, 0.4) is 0 Å². The Morgan fingerprint density at radius 2 is 1.54 bits per heavy atom. The summed E-state index contributed by atoms with van der Waals surface area (Å²) in [5.74, 6) is 0.812. The number of ether oxygens (including phenoxy) is 1. The average molecular weight is 492 g/mol. The molecule has 0 atom stereocenters. The van der Waals surface area contributed by atoms with Gasteiger partial charge in [-0.05, 0) is 60.9 Å². The monoisotopic (exact) mass is 491 g/mol. The number of carbonyl (C=O) groups is 1. The van der Waals surface area contributed by atoms with Crippen LogP contribution in [0, 0.1) is 0 Å². The summed E-state index contributed by atoms with van der Waals surface area (Å²) in [7, 11) is -1.98. The summed E-state index contributed by atoms with van der Waals surface area (Å²) in [4.78, 5) is 17.7. The summed E-state index contributed by atoms with van der Waals surface area (Å²) in [6.07, 6.45) is 1.47. The summed E-state index contributed by atoms with van der Waals surface area (Å²) in [5.41, 5.74) is 3.20. The van der Waals surface area contributed by atoms with E-state index in [0.29, 0.717) is 37.3 Å². The van der Waals surface area contributed by atoms with Crippen LogP contribution >= 0.6 is 0 Å². The molecule has 3 aromatic carbocycles. The Kier molecular flexibility index (Phi) is 6.38. The predicted molar refractivity (Wildman–Crippen MR) is 137 cm³/mol. The lowest BCUT2D eigenvalue weighted by molar-refractivity contribution is 0.0746. The molecule has 2 heterocycles. The van der Waals surface area contributed by atoms with Crippen LogP contribution in [0.1, 0.15) is 22.3 Å². The van der Waals surface area contributed by atoms with Gasteiger partial charge in [0.1, 0.15) is 5.75 Å². The molecule has 0 bridgehead atoms. The van der Waals surface area contributed by atoms with Crippen LogP contribution in [0.15, 0.2) is 77.7 Å². The third kappa shape index (κ3) is 4.46. The molecule has 5 rings (SSSR count). The first-order valence-corrected chi connectivity index (χ1v) is 13.3. The number of rotatable bonds is 5. The Morgan fingerprint density at radius 1 is 0.829 bits per heavy atom. The molecule has 0 spiro atoms. The van der Waals surface area contributed by atoms with Gasteiger partial charge in [0.2, 0.25) is 0 Å². The molecule has 1 saturated heterocycles. The fourth-order valence-corrected chi connectivity index (χ4v) is 6.45. The topological polar surface area (TPSA) is 70.2 Å². The Labute approximate surface area is 206 Å². The largest absolute Gasteiger partial charge is 0.495 e. The highest BCUT2D eigenvalue weighted by atomic mass is 32.2. The quantitative estimate of drug-likeness (QED) is 0.543. The van der Waals surface area contributed by atoms with Crippen molar-refractivity contribution in [2.24, 2.45) is 0 Å². The summed E-state index contributed by atoms with van der Waals surface area (Å²) < 4.78 is 33.5. The van der Waals surface area contributed by atoms with Gasteiger partial charge in [-0.3, -0.25) is 9.10 Å². The lowest BCUT2D eigenvalue weighted by Gasteiger charge is -2.37. The minimum atomic E-state index is -3.65. The zero-order chi connectivity index (χ0) is 24.4. The average Bonchev–Trinajstić information content (AvgIpc) is 2.92. The van der Waals surface area contributed by atoms with Crippen molar-refractivity contribution in [1.82, 2.24) is 4.90 Å². The van der Waals surface area contributed by atoms with Gasteiger partial charge in [0.05, 0.1) is 23.4 Å². The number of amides is 1. The van der Waals surface area contributed by atoms with Gasteiger partial charge >= 0.3 is 0 Å². The van der Waals surface area contributed by atoms with Crippen LogP contribution in [0.4, 0.5) is 11.4 Å². The third-order valence-corrected chi connectivity index (χ3v) is 8.55. The highest BCUT2D eigenvalue weighted by molar-refractivity contribution is 7.92. The van der Waals surface area contributed by atoms with E-state index in [1.165, 1.54) is 4.31 Å². The normalized spacial score (nSPS) is 16.1. The second-order valence-electron chi connectivity index (χ2n) is 8.79. The maximum absolute atomic E-state index is 13.3. The van der Waals surface area contributed by atoms with E-state index in [9.17, 15) is 13.2 Å². The number of benzene rings is 3. The molecule has 2 aliphatic rings. The number of hydrogen-bond donors (Lipinski definition) is 0. The summed E-state index contributed by atoms with van der Waals surface area (Å²) in [5, 5.41) is 0. The number of fused-ring (bicyclic) bond motifs is 1. The second kappa shape index (κ2) is 9.62. The van der Waals surface area contributed by atoms with Crippen molar-refractivity contribution in [3.05, 3.63) is 83.9 Å². The summed E-state index contributed by atoms with van der Waals surface area (Å²) >= 11 is 0. The Morgan fingerprint density at radius 3 is 2.29 bits per heavy atom. The second-order valence-corrected chi connectivity index (χ2v) is 10.7. The van der Waals surface area contributed by atoms with Crippen molar-refractivity contribution >= 4 is 27.3 Å². The minimum absolute atomic E-state index is 0.0180. The minimum Gasteiger partial charge on any atom is -0.495 e. The van der Waals surface area contributed by atoms with Crippen molar-refractivity contribution in [2.75, 3.05) is 49.0 Å². The number of anilines is 2. The van der Waals surface area contributed by atoms with Crippen molar-refractivity contribution in [1.29, 1.82) is 0 Å². The van der Waals surface area contributed by atoms with Crippen molar-refractivity contribution in [3.63, 3.8) is 0 Å². The van der Waals surface area contributed by atoms with E-state index in [4.69, 9.17) is 4.74 Å². The van der Waals surface area contributed by atoms with Gasteiger partial charge in [0, 0.05) is 38.3 Å². The first kappa shape index (κ1) is 23.2. The van der Waals surface area contributed by atoms with Crippen LogP contribution in [0.25, 0.3) is 0 Å². The molecule has 7 nitrogen and oxygen atoms in total. The Bertz CT molecular complexity index is 1320. The van der Waals surface area contributed by atoms with Crippen LogP contribution in [0.5, 0.6) is 5.75 Å². The zero-order valence-corrected chi connectivity index (χ0v) is 20.6. The number of methoxy groups -OCH3 is 1. The first-order chi connectivity index (χ1) is 17.0. The number of hydrogen-bond acceptors (Lipinski definition) is 5. The molecule has 0 N–H and O–H groups in total. The molecule has 0 aromatic heterocycles. The smallest absolute Gasteiger partial charge is 0.264 e. The van der Waals surface area contributed by atoms with Crippen molar-refractivity contribution in [2.45, 2.75) is 17.7 Å². The van der Waals surface area contributed by atoms with Crippen LogP contribution in [-0.4, -0.2) is 59.1 Å². The van der Waals surface area contributed by atoms with E-state index >= 15 is 0 Å². The van der Waals surface area contributed by atoms with Gasteiger partial charge < -0.3 is 14.5 Å². The highest BCUT2D eigenvalue weighted by Gasteiger charge is 2.30. The lowest BCUT2D eigenvalue weighted by atomic mass is 10.00. The van der Waals surface area contributed by atoms with Crippen LogP contribution in [0.2, 0.25) is 0 Å².